The molecule has 0 saturated heterocycles. The number of hydrogen-bond donors (Lipinski definition) is 2. The van der Waals surface area contributed by atoms with Crippen LogP contribution in [0.25, 0.3) is 11.0 Å². The number of hydrogen-bond acceptors (Lipinski definition) is 3. The van der Waals surface area contributed by atoms with Crippen LogP contribution in [0.15, 0.2) is 53.7 Å². The molecule has 0 fully saturated rings. The summed E-state index contributed by atoms with van der Waals surface area (Å²) in [7, 11) is -3.84. The second-order valence-electron chi connectivity index (χ2n) is 4.17. The average molecular weight is 291 g/mol. The number of rotatable bonds is 3. The van der Waals surface area contributed by atoms with Crippen LogP contribution in [0.1, 0.15) is 0 Å². The van der Waals surface area contributed by atoms with Crippen LogP contribution in [0.4, 0.5) is 10.1 Å². The third kappa shape index (κ3) is 2.23. The van der Waals surface area contributed by atoms with Crippen molar-refractivity contribution in [2.45, 2.75) is 4.90 Å². The van der Waals surface area contributed by atoms with E-state index < -0.39 is 15.8 Å². The number of aromatic amines is 1. The Morgan fingerprint density at radius 2 is 1.95 bits per heavy atom. The molecule has 0 aliphatic heterocycles. The molecule has 0 atom stereocenters. The van der Waals surface area contributed by atoms with E-state index in [1.54, 1.807) is 12.1 Å². The van der Waals surface area contributed by atoms with E-state index in [1.807, 2.05) is 0 Å². The van der Waals surface area contributed by atoms with Gasteiger partial charge in [-0.3, -0.25) is 4.72 Å². The van der Waals surface area contributed by atoms with Gasteiger partial charge >= 0.3 is 0 Å². The van der Waals surface area contributed by atoms with Crippen LogP contribution in [0.2, 0.25) is 0 Å². The van der Waals surface area contributed by atoms with Gasteiger partial charge in [-0.2, -0.15) is 0 Å². The molecule has 3 rings (SSSR count). The maximum atomic E-state index is 13.5. The number of anilines is 1. The maximum absolute atomic E-state index is 13.5. The number of halogens is 1. The number of nitrogens with zero attached hydrogens (tertiary/aromatic N) is 1. The lowest BCUT2D eigenvalue weighted by Crippen LogP contribution is -2.13. The van der Waals surface area contributed by atoms with Gasteiger partial charge in [-0.15, -0.1) is 0 Å². The number of nitrogens with one attached hydrogen (secondary N) is 2. The van der Waals surface area contributed by atoms with E-state index >= 15 is 0 Å². The topological polar surface area (TPSA) is 74.8 Å². The van der Waals surface area contributed by atoms with Crippen molar-refractivity contribution in [3.63, 3.8) is 0 Å². The van der Waals surface area contributed by atoms with E-state index in [1.165, 1.54) is 36.7 Å². The summed E-state index contributed by atoms with van der Waals surface area (Å²) in [6.45, 7) is 0. The first kappa shape index (κ1) is 12.6. The van der Waals surface area contributed by atoms with Crippen molar-refractivity contribution in [3.05, 3.63) is 54.6 Å². The van der Waals surface area contributed by atoms with Gasteiger partial charge in [0, 0.05) is 0 Å². The van der Waals surface area contributed by atoms with Gasteiger partial charge in [0.2, 0.25) is 0 Å². The second kappa shape index (κ2) is 4.61. The Hall–Kier alpha value is -2.41. The van der Waals surface area contributed by atoms with Crippen LogP contribution >= 0.6 is 0 Å². The number of benzene rings is 2. The molecule has 2 N–H and O–H groups in total. The molecule has 0 unspecified atom stereocenters. The Balaban J connectivity index is 2.01. The Kier molecular flexibility index (Phi) is 2.90. The molecule has 0 aliphatic rings. The smallest absolute Gasteiger partial charge is 0.262 e. The molecule has 0 spiro atoms. The first-order valence-electron chi connectivity index (χ1n) is 5.77. The third-order valence-electron chi connectivity index (χ3n) is 2.82. The van der Waals surface area contributed by atoms with E-state index in [0.717, 1.165) is 0 Å². The highest BCUT2D eigenvalue weighted by Gasteiger charge is 2.16. The fraction of sp³-hybridized carbons (Fsp3) is 0. The molecular weight excluding hydrogens is 281 g/mol. The summed E-state index contributed by atoms with van der Waals surface area (Å²) in [6.07, 6.45) is 1.48. The zero-order valence-corrected chi connectivity index (χ0v) is 11.0. The van der Waals surface area contributed by atoms with Gasteiger partial charge in [0.05, 0.1) is 27.9 Å². The summed E-state index contributed by atoms with van der Waals surface area (Å²) in [5.41, 5.74) is 1.17. The van der Waals surface area contributed by atoms with E-state index in [4.69, 9.17) is 0 Å². The van der Waals surface area contributed by atoms with Gasteiger partial charge < -0.3 is 4.98 Å². The fourth-order valence-electron chi connectivity index (χ4n) is 1.83. The summed E-state index contributed by atoms with van der Waals surface area (Å²) in [6, 6.07) is 10.1. The van der Waals surface area contributed by atoms with E-state index in [-0.39, 0.29) is 10.6 Å². The highest BCUT2D eigenvalue weighted by molar-refractivity contribution is 7.92. The number of aromatic nitrogens is 2. The molecule has 3 aromatic rings. The summed E-state index contributed by atoms with van der Waals surface area (Å²) in [5, 5.41) is 0. The van der Waals surface area contributed by atoms with Crippen molar-refractivity contribution in [1.29, 1.82) is 0 Å². The number of H-pyrrole nitrogens is 1. The third-order valence-corrected chi connectivity index (χ3v) is 4.18. The van der Waals surface area contributed by atoms with Gasteiger partial charge in [-0.05, 0) is 30.3 Å². The number of fused-ring (bicyclic) bond motifs is 1. The number of imidazole rings is 1. The molecule has 0 aliphatic carbocycles. The summed E-state index contributed by atoms with van der Waals surface area (Å²) >= 11 is 0. The molecular formula is C13H10FN3O2S. The molecule has 7 heteroatoms. The minimum Gasteiger partial charge on any atom is -0.345 e. The fourth-order valence-corrected chi connectivity index (χ4v) is 2.92. The molecule has 0 bridgehead atoms. The standard InChI is InChI=1S/C13H10FN3O2S/c14-10-3-1-2-4-11(10)17-20(18,19)9-5-6-12-13(7-9)16-8-15-12/h1-8,17H,(H,15,16). The van der Waals surface area contributed by atoms with Crippen LogP contribution in [-0.2, 0) is 10.0 Å². The predicted octanol–water partition coefficient (Wildman–Crippen LogP) is 2.50. The first-order valence-corrected chi connectivity index (χ1v) is 7.25. The molecule has 0 radical (unpaired) electrons. The van der Waals surface area contributed by atoms with Crippen molar-refractivity contribution in [2.75, 3.05) is 4.72 Å². The Bertz CT molecular complexity index is 874. The van der Waals surface area contributed by atoms with E-state index in [2.05, 4.69) is 14.7 Å². The Morgan fingerprint density at radius 1 is 1.15 bits per heavy atom. The molecule has 1 heterocycles. The van der Waals surface area contributed by atoms with E-state index in [9.17, 15) is 12.8 Å². The van der Waals surface area contributed by atoms with Crippen molar-refractivity contribution < 1.29 is 12.8 Å². The minimum atomic E-state index is -3.84. The molecule has 0 amide bonds. The number of sulfonamides is 1. The second-order valence-corrected chi connectivity index (χ2v) is 5.85. The maximum Gasteiger partial charge on any atom is 0.262 e. The van der Waals surface area contributed by atoms with Gasteiger partial charge in [0.15, 0.2) is 0 Å². The van der Waals surface area contributed by atoms with Crippen molar-refractivity contribution in [3.8, 4) is 0 Å². The Labute approximate surface area is 114 Å². The van der Waals surface area contributed by atoms with Crippen molar-refractivity contribution in [1.82, 2.24) is 9.97 Å². The molecule has 2 aromatic carbocycles. The first-order chi connectivity index (χ1) is 9.56. The van der Waals surface area contributed by atoms with Crippen molar-refractivity contribution >= 4 is 26.7 Å². The van der Waals surface area contributed by atoms with Gasteiger partial charge in [0.1, 0.15) is 5.82 Å². The largest absolute Gasteiger partial charge is 0.345 e. The van der Waals surface area contributed by atoms with Crippen LogP contribution < -0.4 is 4.72 Å². The monoisotopic (exact) mass is 291 g/mol. The molecule has 20 heavy (non-hydrogen) atoms. The van der Waals surface area contributed by atoms with Gasteiger partial charge in [-0.1, -0.05) is 12.1 Å². The molecule has 102 valence electrons. The lowest BCUT2D eigenvalue weighted by atomic mass is 10.3. The summed E-state index contributed by atoms with van der Waals surface area (Å²) in [5.74, 6) is -0.626. The predicted molar refractivity (Wildman–Crippen MR) is 73.3 cm³/mol. The van der Waals surface area contributed by atoms with Crippen LogP contribution in [0.3, 0.4) is 0 Å². The average Bonchev–Trinajstić information content (AvgIpc) is 2.88. The van der Waals surface area contributed by atoms with Crippen LogP contribution in [0.5, 0.6) is 0 Å². The van der Waals surface area contributed by atoms with Crippen LogP contribution in [-0.4, -0.2) is 18.4 Å². The van der Waals surface area contributed by atoms with Gasteiger partial charge in [0.25, 0.3) is 10.0 Å². The SMILES string of the molecule is O=S(=O)(Nc1ccccc1F)c1ccc2nc[nH]c2c1. The van der Waals surface area contributed by atoms with Gasteiger partial charge in [-0.25, -0.2) is 17.8 Å². The van der Waals surface area contributed by atoms with Crippen LogP contribution in [0, 0.1) is 5.82 Å². The zero-order chi connectivity index (χ0) is 14.2. The summed E-state index contributed by atoms with van der Waals surface area (Å²) < 4.78 is 40.1. The minimum absolute atomic E-state index is 0.0394. The van der Waals surface area contributed by atoms with E-state index in [0.29, 0.717) is 11.0 Å². The molecule has 5 nitrogen and oxygen atoms in total. The lowest BCUT2D eigenvalue weighted by Gasteiger charge is -2.08. The van der Waals surface area contributed by atoms with Crippen molar-refractivity contribution in [2.24, 2.45) is 0 Å². The molecule has 1 aromatic heterocycles. The Morgan fingerprint density at radius 3 is 2.75 bits per heavy atom. The quantitative estimate of drug-likeness (QED) is 0.778. The highest BCUT2D eigenvalue weighted by Crippen LogP contribution is 2.21. The highest BCUT2D eigenvalue weighted by atomic mass is 32.2. The molecule has 0 saturated carbocycles. The number of para-hydroxylation sites is 1. The summed E-state index contributed by atoms with van der Waals surface area (Å²) in [4.78, 5) is 6.88. The lowest BCUT2D eigenvalue weighted by molar-refractivity contribution is 0.598. The zero-order valence-electron chi connectivity index (χ0n) is 10.2. The normalized spacial score (nSPS) is 11.7.